The van der Waals surface area contributed by atoms with Crippen LogP contribution in [0.15, 0.2) is 0 Å². The van der Waals surface area contributed by atoms with Gasteiger partial charge in [0.25, 0.3) is 0 Å². The lowest BCUT2D eigenvalue weighted by Gasteiger charge is -2.35. The van der Waals surface area contributed by atoms with Crippen LogP contribution < -0.4 is 10.6 Å². The van der Waals surface area contributed by atoms with Crippen molar-refractivity contribution in [1.82, 2.24) is 15.5 Å². The second kappa shape index (κ2) is 9.36. The molecule has 2 N–H and O–H groups in total. The Morgan fingerprint density at radius 1 is 1.32 bits per heavy atom. The van der Waals surface area contributed by atoms with Gasteiger partial charge in [0, 0.05) is 19.0 Å². The van der Waals surface area contributed by atoms with E-state index in [0.717, 1.165) is 45.3 Å². The highest BCUT2D eigenvalue weighted by Crippen LogP contribution is 2.17. The van der Waals surface area contributed by atoms with Crippen molar-refractivity contribution < 1.29 is 9.59 Å². The summed E-state index contributed by atoms with van der Waals surface area (Å²) < 4.78 is 0. The number of amides is 2. The second-order valence-corrected chi connectivity index (χ2v) is 6.56. The fourth-order valence-electron chi connectivity index (χ4n) is 3.35. The van der Waals surface area contributed by atoms with Crippen LogP contribution in [0.1, 0.15) is 52.4 Å². The number of nitrogens with one attached hydrogen (secondary N) is 2. The van der Waals surface area contributed by atoms with Crippen LogP contribution in [0.25, 0.3) is 0 Å². The minimum Gasteiger partial charge on any atom is -0.345 e. The van der Waals surface area contributed by atoms with Crippen molar-refractivity contribution in [1.29, 1.82) is 0 Å². The SMILES string of the molecule is CC(NC(=O)CCC1CCNC1)C(=O)N1CCCCC1C.Cl. The van der Waals surface area contributed by atoms with Crippen LogP contribution in [-0.4, -0.2) is 48.4 Å². The van der Waals surface area contributed by atoms with E-state index in [9.17, 15) is 9.59 Å². The Morgan fingerprint density at radius 3 is 2.73 bits per heavy atom. The first-order chi connectivity index (χ1) is 10.1. The highest BCUT2D eigenvalue weighted by Gasteiger charge is 2.27. The first-order valence-corrected chi connectivity index (χ1v) is 8.38. The maximum absolute atomic E-state index is 12.4. The van der Waals surface area contributed by atoms with Gasteiger partial charge in [-0.2, -0.15) is 0 Å². The molecule has 2 aliphatic heterocycles. The van der Waals surface area contributed by atoms with Gasteiger partial charge >= 0.3 is 0 Å². The average molecular weight is 332 g/mol. The molecule has 0 aromatic heterocycles. The zero-order chi connectivity index (χ0) is 15.2. The molecule has 5 nitrogen and oxygen atoms in total. The molecule has 0 aliphatic carbocycles. The molecule has 6 heteroatoms. The number of hydrogen-bond donors (Lipinski definition) is 2. The van der Waals surface area contributed by atoms with Gasteiger partial charge in [-0.05, 0) is 65.0 Å². The molecule has 2 saturated heterocycles. The number of likely N-dealkylation sites (tertiary alicyclic amines) is 1. The van der Waals surface area contributed by atoms with Crippen LogP contribution in [0.2, 0.25) is 0 Å². The molecule has 0 radical (unpaired) electrons. The summed E-state index contributed by atoms with van der Waals surface area (Å²) in [5.41, 5.74) is 0. The summed E-state index contributed by atoms with van der Waals surface area (Å²) in [4.78, 5) is 26.3. The Kier molecular flexibility index (Phi) is 8.18. The number of piperidine rings is 1. The molecule has 2 fully saturated rings. The summed E-state index contributed by atoms with van der Waals surface area (Å²) in [6.45, 7) is 6.81. The molecule has 2 amide bonds. The molecule has 2 heterocycles. The van der Waals surface area contributed by atoms with Crippen LogP contribution >= 0.6 is 12.4 Å². The first kappa shape index (κ1) is 19.2. The van der Waals surface area contributed by atoms with E-state index in [1.807, 2.05) is 4.90 Å². The van der Waals surface area contributed by atoms with Crippen molar-refractivity contribution in [2.45, 2.75) is 64.5 Å². The number of rotatable bonds is 5. The first-order valence-electron chi connectivity index (χ1n) is 8.38. The molecule has 0 spiro atoms. The van der Waals surface area contributed by atoms with Gasteiger partial charge in [0.1, 0.15) is 6.04 Å². The largest absolute Gasteiger partial charge is 0.345 e. The van der Waals surface area contributed by atoms with Crippen LogP contribution in [0, 0.1) is 5.92 Å². The van der Waals surface area contributed by atoms with Crippen molar-refractivity contribution >= 4 is 24.2 Å². The number of nitrogens with zero attached hydrogens (tertiary/aromatic N) is 1. The van der Waals surface area contributed by atoms with Crippen molar-refractivity contribution in [3.05, 3.63) is 0 Å². The van der Waals surface area contributed by atoms with E-state index < -0.39 is 6.04 Å². The molecule has 0 aromatic rings. The number of carbonyl (C=O) groups is 2. The van der Waals surface area contributed by atoms with Crippen molar-refractivity contribution in [2.24, 2.45) is 5.92 Å². The minimum absolute atomic E-state index is 0. The minimum atomic E-state index is -0.403. The predicted octanol–water partition coefficient (Wildman–Crippen LogP) is 1.70. The van der Waals surface area contributed by atoms with Gasteiger partial charge in [0.05, 0.1) is 0 Å². The molecule has 3 atom stereocenters. The third-order valence-corrected chi connectivity index (χ3v) is 4.78. The van der Waals surface area contributed by atoms with E-state index in [4.69, 9.17) is 0 Å². The predicted molar refractivity (Wildman–Crippen MR) is 90.1 cm³/mol. The average Bonchev–Trinajstić information content (AvgIpc) is 2.98. The fraction of sp³-hybridized carbons (Fsp3) is 0.875. The van der Waals surface area contributed by atoms with Crippen molar-refractivity contribution in [2.75, 3.05) is 19.6 Å². The third-order valence-electron chi connectivity index (χ3n) is 4.78. The summed E-state index contributed by atoms with van der Waals surface area (Å²) in [6, 6.07) is -0.102. The fourth-order valence-corrected chi connectivity index (χ4v) is 3.35. The second-order valence-electron chi connectivity index (χ2n) is 6.56. The molecular weight excluding hydrogens is 302 g/mol. The summed E-state index contributed by atoms with van der Waals surface area (Å²) >= 11 is 0. The lowest BCUT2D eigenvalue weighted by Crippen LogP contribution is -2.51. The number of carbonyl (C=O) groups excluding carboxylic acids is 2. The Labute approximate surface area is 140 Å². The monoisotopic (exact) mass is 331 g/mol. The van der Waals surface area contributed by atoms with Gasteiger partial charge in [-0.3, -0.25) is 9.59 Å². The molecule has 0 saturated carbocycles. The van der Waals surface area contributed by atoms with Crippen molar-refractivity contribution in [3.63, 3.8) is 0 Å². The van der Waals surface area contributed by atoms with Gasteiger partial charge < -0.3 is 15.5 Å². The maximum Gasteiger partial charge on any atom is 0.245 e. The van der Waals surface area contributed by atoms with E-state index in [-0.39, 0.29) is 24.2 Å². The number of halogens is 1. The topological polar surface area (TPSA) is 61.4 Å². The highest BCUT2D eigenvalue weighted by molar-refractivity contribution is 5.87. The summed E-state index contributed by atoms with van der Waals surface area (Å²) in [5.74, 6) is 0.689. The van der Waals surface area contributed by atoms with Gasteiger partial charge in [-0.15, -0.1) is 12.4 Å². The standard InChI is InChI=1S/C16H29N3O2.ClH/c1-12-5-3-4-10-19(12)16(21)13(2)18-15(20)7-6-14-8-9-17-11-14;/h12-14,17H,3-11H2,1-2H3,(H,18,20);1H. The number of hydrogen-bond acceptors (Lipinski definition) is 3. The van der Waals surface area contributed by atoms with Crippen LogP contribution in [0.4, 0.5) is 0 Å². The lowest BCUT2D eigenvalue weighted by atomic mass is 10.0. The summed E-state index contributed by atoms with van der Waals surface area (Å²) in [7, 11) is 0. The van der Waals surface area contributed by atoms with E-state index in [1.165, 1.54) is 6.42 Å². The molecule has 0 bridgehead atoms. The highest BCUT2D eigenvalue weighted by atomic mass is 35.5. The van der Waals surface area contributed by atoms with Gasteiger partial charge in [0.15, 0.2) is 0 Å². The quantitative estimate of drug-likeness (QED) is 0.806. The van der Waals surface area contributed by atoms with Gasteiger partial charge in [-0.25, -0.2) is 0 Å². The van der Waals surface area contributed by atoms with Gasteiger partial charge in [-0.1, -0.05) is 0 Å². The van der Waals surface area contributed by atoms with E-state index in [0.29, 0.717) is 18.4 Å². The Hall–Kier alpha value is -0.810. The third kappa shape index (κ3) is 5.43. The molecule has 22 heavy (non-hydrogen) atoms. The molecule has 2 aliphatic rings. The molecule has 128 valence electrons. The van der Waals surface area contributed by atoms with Gasteiger partial charge in [0.2, 0.25) is 11.8 Å². The van der Waals surface area contributed by atoms with E-state index in [1.54, 1.807) is 6.92 Å². The summed E-state index contributed by atoms with van der Waals surface area (Å²) in [5, 5.41) is 6.18. The van der Waals surface area contributed by atoms with E-state index in [2.05, 4.69) is 17.6 Å². The van der Waals surface area contributed by atoms with E-state index >= 15 is 0 Å². The molecular formula is C16H30ClN3O2. The zero-order valence-electron chi connectivity index (χ0n) is 13.8. The smallest absolute Gasteiger partial charge is 0.245 e. The Bertz CT molecular complexity index is 372. The van der Waals surface area contributed by atoms with Crippen LogP contribution in [0.3, 0.4) is 0 Å². The Balaban J connectivity index is 0.00000242. The normalized spacial score (nSPS) is 26.2. The summed E-state index contributed by atoms with van der Waals surface area (Å²) in [6.07, 6.45) is 5.94. The zero-order valence-corrected chi connectivity index (χ0v) is 14.6. The van der Waals surface area contributed by atoms with Crippen molar-refractivity contribution in [3.8, 4) is 0 Å². The Morgan fingerprint density at radius 2 is 2.09 bits per heavy atom. The molecule has 0 aromatic carbocycles. The molecule has 2 rings (SSSR count). The van der Waals surface area contributed by atoms with Crippen LogP contribution in [0.5, 0.6) is 0 Å². The lowest BCUT2D eigenvalue weighted by molar-refractivity contribution is -0.138. The molecule has 3 unspecified atom stereocenters. The maximum atomic E-state index is 12.4. The van der Waals surface area contributed by atoms with Crippen LogP contribution in [-0.2, 0) is 9.59 Å².